The number of aromatic nitrogens is 3. The van der Waals surface area contributed by atoms with Gasteiger partial charge >= 0.3 is 0 Å². The van der Waals surface area contributed by atoms with E-state index in [1.165, 1.54) is 13.3 Å². The topological polar surface area (TPSA) is 119 Å². The van der Waals surface area contributed by atoms with Crippen molar-refractivity contribution in [3.05, 3.63) is 52.5 Å². The molecule has 3 rings (SSSR count). The molecule has 9 heteroatoms. The third kappa shape index (κ3) is 3.42. The van der Waals surface area contributed by atoms with Gasteiger partial charge in [0.2, 0.25) is 5.95 Å². The Morgan fingerprint density at radius 3 is 2.77 bits per heavy atom. The summed E-state index contributed by atoms with van der Waals surface area (Å²) in [6.07, 6.45) is 1.40. The van der Waals surface area contributed by atoms with Gasteiger partial charge in [0.15, 0.2) is 11.6 Å². The molecule has 2 heterocycles. The van der Waals surface area contributed by atoms with E-state index in [9.17, 15) is 5.11 Å². The Hall–Kier alpha value is -2.84. The molecule has 1 atom stereocenters. The second kappa shape index (κ2) is 6.81. The zero-order valence-electron chi connectivity index (χ0n) is 14.4. The monoisotopic (exact) mass is 375 g/mol. The van der Waals surface area contributed by atoms with Crippen LogP contribution in [0.15, 0.2) is 35.0 Å². The zero-order chi connectivity index (χ0) is 18.9. The minimum Gasteiger partial charge on any atom is -0.495 e. The van der Waals surface area contributed by atoms with E-state index in [-0.39, 0.29) is 5.95 Å². The molecule has 1 unspecified atom stereocenters. The molecule has 0 amide bonds. The van der Waals surface area contributed by atoms with Crippen LogP contribution in [0.25, 0.3) is 0 Å². The van der Waals surface area contributed by atoms with Crippen LogP contribution in [-0.4, -0.2) is 27.3 Å². The molecule has 26 heavy (non-hydrogen) atoms. The van der Waals surface area contributed by atoms with Crippen molar-refractivity contribution in [2.24, 2.45) is 0 Å². The molecule has 0 aliphatic heterocycles. The van der Waals surface area contributed by atoms with Crippen LogP contribution in [0.4, 0.5) is 17.5 Å². The van der Waals surface area contributed by atoms with E-state index < -0.39 is 5.60 Å². The Labute approximate surface area is 155 Å². The van der Waals surface area contributed by atoms with Gasteiger partial charge in [0, 0.05) is 6.07 Å². The van der Waals surface area contributed by atoms with Crippen LogP contribution >= 0.6 is 11.6 Å². The maximum Gasteiger partial charge on any atom is 0.222 e. The number of benzene rings is 1. The van der Waals surface area contributed by atoms with E-state index in [1.54, 1.807) is 38.1 Å². The number of hydrogen-bond donors (Lipinski definition) is 3. The lowest BCUT2D eigenvalue weighted by atomic mass is 9.92. The summed E-state index contributed by atoms with van der Waals surface area (Å²) < 4.78 is 10.6. The summed E-state index contributed by atoms with van der Waals surface area (Å²) in [5.41, 5.74) is 6.01. The summed E-state index contributed by atoms with van der Waals surface area (Å²) in [6.45, 7) is 3.40. The average molecular weight is 376 g/mol. The molecule has 0 spiro atoms. The maximum atomic E-state index is 10.9. The van der Waals surface area contributed by atoms with Crippen molar-refractivity contribution in [3.63, 3.8) is 0 Å². The number of hydrogen-bond acceptors (Lipinski definition) is 8. The Balaban J connectivity index is 2.03. The molecule has 2 aromatic heterocycles. The van der Waals surface area contributed by atoms with Gasteiger partial charge in [-0.05, 0) is 31.5 Å². The summed E-state index contributed by atoms with van der Waals surface area (Å²) in [6, 6.07) is 6.84. The third-order valence-corrected chi connectivity index (χ3v) is 4.16. The number of nitrogens with two attached hydrogens (primary N) is 1. The largest absolute Gasteiger partial charge is 0.495 e. The summed E-state index contributed by atoms with van der Waals surface area (Å²) in [4.78, 5) is 7.90. The first-order chi connectivity index (χ1) is 12.3. The Morgan fingerprint density at radius 1 is 1.35 bits per heavy atom. The predicted octanol–water partition coefficient (Wildman–Crippen LogP) is 3.02. The van der Waals surface area contributed by atoms with Crippen LogP contribution in [-0.2, 0) is 5.60 Å². The maximum absolute atomic E-state index is 10.9. The van der Waals surface area contributed by atoms with Crippen molar-refractivity contribution in [2.45, 2.75) is 19.4 Å². The first-order valence-electron chi connectivity index (χ1n) is 7.71. The van der Waals surface area contributed by atoms with Gasteiger partial charge in [-0.3, -0.25) is 0 Å². The fourth-order valence-electron chi connectivity index (χ4n) is 2.44. The molecule has 4 N–H and O–H groups in total. The quantitative estimate of drug-likeness (QED) is 0.622. The van der Waals surface area contributed by atoms with Gasteiger partial charge in [-0.25, -0.2) is 4.98 Å². The molecule has 3 aromatic rings. The fourth-order valence-corrected chi connectivity index (χ4v) is 2.58. The molecule has 0 aliphatic rings. The number of rotatable bonds is 5. The van der Waals surface area contributed by atoms with Crippen LogP contribution in [0, 0.1) is 6.92 Å². The van der Waals surface area contributed by atoms with Gasteiger partial charge in [0.05, 0.1) is 24.7 Å². The molecular formula is C17H18ClN5O3. The number of nitrogens with zero attached hydrogens (tertiary/aromatic N) is 3. The molecule has 0 saturated heterocycles. The van der Waals surface area contributed by atoms with E-state index in [0.717, 1.165) is 0 Å². The summed E-state index contributed by atoms with van der Waals surface area (Å²) in [5, 5.41) is 18.1. The molecule has 0 aliphatic carbocycles. The Bertz CT molecular complexity index is 942. The highest BCUT2D eigenvalue weighted by molar-refractivity contribution is 6.32. The highest BCUT2D eigenvalue weighted by atomic mass is 35.5. The van der Waals surface area contributed by atoms with Crippen molar-refractivity contribution in [1.82, 2.24) is 15.1 Å². The third-order valence-electron chi connectivity index (χ3n) is 3.89. The summed E-state index contributed by atoms with van der Waals surface area (Å²) in [7, 11) is 1.54. The summed E-state index contributed by atoms with van der Waals surface area (Å²) >= 11 is 6.11. The molecule has 0 fully saturated rings. The summed E-state index contributed by atoms with van der Waals surface area (Å²) in [5.74, 6) is 1.27. The van der Waals surface area contributed by atoms with Crippen LogP contribution in [0.5, 0.6) is 5.75 Å². The van der Waals surface area contributed by atoms with E-state index in [1.807, 2.05) is 0 Å². The lowest BCUT2D eigenvalue weighted by Crippen LogP contribution is -2.22. The van der Waals surface area contributed by atoms with Crippen LogP contribution in [0.3, 0.4) is 0 Å². The van der Waals surface area contributed by atoms with Gasteiger partial charge in [-0.1, -0.05) is 22.8 Å². The molecule has 0 radical (unpaired) electrons. The van der Waals surface area contributed by atoms with Crippen molar-refractivity contribution in [3.8, 4) is 5.75 Å². The van der Waals surface area contributed by atoms with Gasteiger partial charge < -0.3 is 25.4 Å². The number of methoxy groups -OCH3 is 1. The minimum atomic E-state index is -1.39. The van der Waals surface area contributed by atoms with E-state index in [4.69, 9.17) is 26.6 Å². The lowest BCUT2D eigenvalue weighted by Gasteiger charge is -2.22. The number of nitrogens with one attached hydrogen (secondary N) is 1. The van der Waals surface area contributed by atoms with Gasteiger partial charge in [0.1, 0.15) is 16.4 Å². The van der Waals surface area contributed by atoms with Gasteiger partial charge in [-0.15, -0.1) is 0 Å². The average Bonchev–Trinajstić information content (AvgIpc) is 3.05. The Morgan fingerprint density at radius 2 is 2.12 bits per heavy atom. The van der Waals surface area contributed by atoms with Crippen molar-refractivity contribution < 1.29 is 14.4 Å². The lowest BCUT2D eigenvalue weighted by molar-refractivity contribution is 0.0693. The smallest absolute Gasteiger partial charge is 0.222 e. The second-order valence-corrected chi connectivity index (χ2v) is 6.28. The number of aliphatic hydroxyl groups is 1. The van der Waals surface area contributed by atoms with Crippen molar-refractivity contribution in [2.75, 3.05) is 18.2 Å². The SMILES string of the molecule is COc1ccc(C(C)(O)c2cc(C)no2)cc1Nc1nc(N)ncc1Cl. The van der Waals surface area contributed by atoms with Gasteiger partial charge in [-0.2, -0.15) is 4.98 Å². The molecule has 0 saturated carbocycles. The van der Waals surface area contributed by atoms with Crippen LogP contribution in [0.2, 0.25) is 5.02 Å². The molecule has 1 aromatic carbocycles. The first-order valence-corrected chi connectivity index (χ1v) is 8.08. The minimum absolute atomic E-state index is 0.0798. The standard InChI is InChI=1S/C17H18ClN5O3/c1-9-6-14(26-23-9)17(2,24)10-4-5-13(25-3)12(7-10)21-15-11(18)8-20-16(19)22-15/h4-8,24H,1-3H3,(H3,19,20,21,22). The first kappa shape index (κ1) is 18.0. The van der Waals surface area contributed by atoms with E-state index >= 15 is 0 Å². The molecular weight excluding hydrogens is 358 g/mol. The van der Waals surface area contributed by atoms with E-state index in [0.29, 0.717) is 39.3 Å². The van der Waals surface area contributed by atoms with Crippen LogP contribution < -0.4 is 15.8 Å². The van der Waals surface area contributed by atoms with E-state index in [2.05, 4.69) is 20.4 Å². The molecule has 136 valence electrons. The van der Waals surface area contributed by atoms with Crippen LogP contribution in [0.1, 0.15) is 23.9 Å². The Kier molecular flexibility index (Phi) is 4.71. The molecule has 8 nitrogen and oxygen atoms in total. The normalized spacial score (nSPS) is 13.3. The number of halogens is 1. The van der Waals surface area contributed by atoms with Crippen molar-refractivity contribution >= 4 is 29.1 Å². The number of anilines is 3. The highest BCUT2D eigenvalue weighted by Gasteiger charge is 2.31. The number of nitrogen functional groups attached to an aromatic ring is 1. The highest BCUT2D eigenvalue weighted by Crippen LogP contribution is 2.36. The molecule has 0 bridgehead atoms. The number of ether oxygens (including phenoxy) is 1. The second-order valence-electron chi connectivity index (χ2n) is 5.87. The predicted molar refractivity (Wildman–Crippen MR) is 97.6 cm³/mol. The van der Waals surface area contributed by atoms with Gasteiger partial charge in [0.25, 0.3) is 0 Å². The van der Waals surface area contributed by atoms with Crippen molar-refractivity contribution in [1.29, 1.82) is 0 Å². The zero-order valence-corrected chi connectivity index (χ0v) is 15.2. The fraction of sp³-hybridized carbons (Fsp3) is 0.235. The number of aryl methyl sites for hydroxylation is 1.